The molecule has 0 saturated carbocycles. The van der Waals surface area contributed by atoms with Gasteiger partial charge in [-0.3, -0.25) is 0 Å². The third kappa shape index (κ3) is 3.75. The maximum atomic E-state index is 5.92. The van der Waals surface area contributed by atoms with Crippen molar-refractivity contribution in [3.8, 4) is 0 Å². The number of nitrogens with zero attached hydrogens (tertiary/aromatic N) is 1. The summed E-state index contributed by atoms with van der Waals surface area (Å²) in [5, 5.41) is 2.89. The number of rotatable bonds is 5. The van der Waals surface area contributed by atoms with Gasteiger partial charge < -0.3 is 5.01 Å². The Morgan fingerprint density at radius 3 is 2.10 bits per heavy atom. The summed E-state index contributed by atoms with van der Waals surface area (Å²) in [6.45, 7) is 5.21. The SMILES string of the molecule is CNN(Cc1ccc(Cl)cc1)c1ccc(C(C)C)cc1. The average Bonchev–Trinajstić information content (AvgIpc) is 2.47. The third-order valence-corrected chi connectivity index (χ3v) is 3.65. The molecule has 2 aromatic rings. The number of hydrogen-bond donors (Lipinski definition) is 1. The van der Waals surface area contributed by atoms with Gasteiger partial charge in [0.1, 0.15) is 0 Å². The molecule has 2 rings (SSSR count). The van der Waals surface area contributed by atoms with Crippen LogP contribution in [0.1, 0.15) is 30.9 Å². The van der Waals surface area contributed by atoms with Crippen LogP contribution in [-0.2, 0) is 6.54 Å². The quantitative estimate of drug-likeness (QED) is 0.809. The lowest BCUT2D eigenvalue weighted by Crippen LogP contribution is -2.34. The van der Waals surface area contributed by atoms with Crippen LogP contribution in [0.4, 0.5) is 5.69 Å². The van der Waals surface area contributed by atoms with Crippen molar-refractivity contribution in [1.82, 2.24) is 5.43 Å². The zero-order valence-corrected chi connectivity index (χ0v) is 13.0. The van der Waals surface area contributed by atoms with Gasteiger partial charge in [0.2, 0.25) is 0 Å². The molecule has 106 valence electrons. The molecule has 20 heavy (non-hydrogen) atoms. The van der Waals surface area contributed by atoms with Crippen LogP contribution >= 0.6 is 11.6 Å². The van der Waals surface area contributed by atoms with Crippen LogP contribution in [-0.4, -0.2) is 7.05 Å². The van der Waals surface area contributed by atoms with E-state index in [1.807, 2.05) is 19.2 Å². The maximum absolute atomic E-state index is 5.92. The first-order chi connectivity index (χ1) is 9.60. The van der Waals surface area contributed by atoms with E-state index in [9.17, 15) is 0 Å². The summed E-state index contributed by atoms with van der Waals surface area (Å²) in [5.41, 5.74) is 6.97. The van der Waals surface area contributed by atoms with Crippen LogP contribution in [0.15, 0.2) is 48.5 Å². The predicted molar refractivity (Wildman–Crippen MR) is 87.2 cm³/mol. The van der Waals surface area contributed by atoms with Crippen molar-refractivity contribution < 1.29 is 0 Å². The van der Waals surface area contributed by atoms with Crippen LogP contribution < -0.4 is 10.4 Å². The van der Waals surface area contributed by atoms with Crippen molar-refractivity contribution in [2.75, 3.05) is 12.1 Å². The fraction of sp³-hybridized carbons (Fsp3) is 0.294. The van der Waals surface area contributed by atoms with Crippen molar-refractivity contribution in [2.24, 2.45) is 0 Å². The topological polar surface area (TPSA) is 15.3 Å². The van der Waals surface area contributed by atoms with E-state index in [-0.39, 0.29) is 0 Å². The van der Waals surface area contributed by atoms with Gasteiger partial charge in [0.15, 0.2) is 0 Å². The Kier molecular flexibility index (Phi) is 5.05. The maximum Gasteiger partial charge on any atom is 0.0594 e. The Morgan fingerprint density at radius 2 is 1.60 bits per heavy atom. The van der Waals surface area contributed by atoms with Crippen LogP contribution in [0.2, 0.25) is 5.02 Å². The molecular formula is C17H21ClN2. The first-order valence-corrected chi connectivity index (χ1v) is 7.27. The minimum absolute atomic E-state index is 0.559. The highest BCUT2D eigenvalue weighted by atomic mass is 35.5. The van der Waals surface area contributed by atoms with Gasteiger partial charge in [-0.1, -0.05) is 49.7 Å². The highest BCUT2D eigenvalue weighted by Gasteiger charge is 2.06. The van der Waals surface area contributed by atoms with Gasteiger partial charge in [-0.15, -0.1) is 0 Å². The number of halogens is 1. The summed E-state index contributed by atoms with van der Waals surface area (Å²) < 4.78 is 0. The molecule has 2 aromatic carbocycles. The van der Waals surface area contributed by atoms with Crippen molar-refractivity contribution in [2.45, 2.75) is 26.3 Å². The van der Waals surface area contributed by atoms with Gasteiger partial charge in [-0.2, -0.15) is 0 Å². The number of nitrogens with one attached hydrogen (secondary N) is 1. The van der Waals surface area contributed by atoms with Gasteiger partial charge >= 0.3 is 0 Å². The lowest BCUT2D eigenvalue weighted by molar-refractivity contribution is 0.701. The van der Waals surface area contributed by atoms with Crippen LogP contribution in [0.3, 0.4) is 0 Å². The molecule has 0 unspecified atom stereocenters. The van der Waals surface area contributed by atoms with E-state index in [2.05, 4.69) is 60.7 Å². The van der Waals surface area contributed by atoms with E-state index in [1.54, 1.807) is 0 Å². The second-order valence-corrected chi connectivity index (χ2v) is 5.62. The summed E-state index contributed by atoms with van der Waals surface area (Å²) in [6, 6.07) is 16.6. The zero-order chi connectivity index (χ0) is 14.5. The summed E-state index contributed by atoms with van der Waals surface area (Å²) in [4.78, 5) is 0. The molecule has 2 nitrogen and oxygen atoms in total. The summed E-state index contributed by atoms with van der Waals surface area (Å²) in [5.74, 6) is 0.559. The molecule has 0 heterocycles. The molecule has 0 bridgehead atoms. The lowest BCUT2D eigenvalue weighted by Gasteiger charge is -2.24. The molecule has 1 N–H and O–H groups in total. The number of anilines is 1. The molecular weight excluding hydrogens is 268 g/mol. The fourth-order valence-corrected chi connectivity index (χ4v) is 2.24. The van der Waals surface area contributed by atoms with Crippen molar-refractivity contribution in [3.63, 3.8) is 0 Å². The van der Waals surface area contributed by atoms with Crippen LogP contribution in [0.25, 0.3) is 0 Å². The minimum atomic E-state index is 0.559. The normalized spacial score (nSPS) is 10.8. The Hall–Kier alpha value is -1.51. The van der Waals surface area contributed by atoms with Crippen LogP contribution in [0.5, 0.6) is 0 Å². The molecule has 0 spiro atoms. The molecule has 0 aliphatic carbocycles. The minimum Gasteiger partial charge on any atom is -0.304 e. The monoisotopic (exact) mass is 288 g/mol. The summed E-state index contributed by atoms with van der Waals surface area (Å²) in [7, 11) is 1.94. The lowest BCUT2D eigenvalue weighted by atomic mass is 10.0. The first-order valence-electron chi connectivity index (χ1n) is 6.89. The number of hydrazine groups is 1. The number of benzene rings is 2. The Labute approximate surface area is 126 Å². The highest BCUT2D eigenvalue weighted by Crippen LogP contribution is 2.21. The standard InChI is InChI=1S/C17H21ClN2/c1-13(2)15-6-10-17(11-7-15)20(19-3)12-14-4-8-16(18)9-5-14/h4-11,13,19H,12H2,1-3H3. The summed E-state index contributed by atoms with van der Waals surface area (Å²) in [6.07, 6.45) is 0. The van der Waals surface area contributed by atoms with Crippen LogP contribution in [0, 0.1) is 0 Å². The van der Waals surface area contributed by atoms with Crippen molar-refractivity contribution in [1.29, 1.82) is 0 Å². The predicted octanol–water partition coefficient (Wildman–Crippen LogP) is 4.60. The Morgan fingerprint density at radius 1 is 1.00 bits per heavy atom. The molecule has 0 fully saturated rings. The van der Waals surface area contributed by atoms with E-state index < -0.39 is 0 Å². The fourth-order valence-electron chi connectivity index (χ4n) is 2.11. The van der Waals surface area contributed by atoms with E-state index >= 15 is 0 Å². The molecule has 0 atom stereocenters. The highest BCUT2D eigenvalue weighted by molar-refractivity contribution is 6.30. The van der Waals surface area contributed by atoms with Gasteiger partial charge in [-0.05, 0) is 41.3 Å². The molecule has 0 saturated heterocycles. The van der Waals surface area contributed by atoms with E-state index in [1.165, 1.54) is 11.1 Å². The number of hydrogen-bond acceptors (Lipinski definition) is 2. The first kappa shape index (κ1) is 14.9. The van der Waals surface area contributed by atoms with E-state index in [4.69, 9.17) is 11.6 Å². The second kappa shape index (κ2) is 6.78. The van der Waals surface area contributed by atoms with Gasteiger partial charge in [0, 0.05) is 12.1 Å². The average molecular weight is 289 g/mol. The Bertz CT molecular complexity index is 532. The van der Waals surface area contributed by atoms with E-state index in [0.717, 1.165) is 17.3 Å². The van der Waals surface area contributed by atoms with Crippen molar-refractivity contribution >= 4 is 17.3 Å². The molecule has 0 aromatic heterocycles. The smallest absolute Gasteiger partial charge is 0.0594 e. The zero-order valence-electron chi connectivity index (χ0n) is 12.2. The largest absolute Gasteiger partial charge is 0.304 e. The molecule has 0 amide bonds. The molecule has 3 heteroatoms. The van der Waals surface area contributed by atoms with Crippen molar-refractivity contribution in [3.05, 3.63) is 64.7 Å². The van der Waals surface area contributed by atoms with Gasteiger partial charge in [0.05, 0.1) is 12.2 Å². The molecule has 0 radical (unpaired) electrons. The van der Waals surface area contributed by atoms with E-state index in [0.29, 0.717) is 5.92 Å². The Balaban J connectivity index is 2.13. The summed E-state index contributed by atoms with van der Waals surface area (Å²) >= 11 is 5.92. The molecule has 0 aliphatic heterocycles. The third-order valence-electron chi connectivity index (χ3n) is 3.40. The molecule has 0 aliphatic rings. The van der Waals surface area contributed by atoms with Gasteiger partial charge in [-0.25, -0.2) is 5.43 Å². The van der Waals surface area contributed by atoms with Gasteiger partial charge in [0.25, 0.3) is 0 Å². The second-order valence-electron chi connectivity index (χ2n) is 5.18.